The van der Waals surface area contributed by atoms with Crippen molar-refractivity contribution < 1.29 is 9.50 Å². The van der Waals surface area contributed by atoms with Crippen molar-refractivity contribution in [2.45, 2.75) is 70.8 Å². The standard InChI is InChI=1S/C12H25FO/c1-12(2,14)10-8-6-4-3-5-7-9-11-13/h14H,3-11H2,1-2H3. The van der Waals surface area contributed by atoms with Crippen molar-refractivity contribution in [3.63, 3.8) is 0 Å². The molecule has 0 aromatic carbocycles. The van der Waals surface area contributed by atoms with E-state index in [2.05, 4.69) is 0 Å². The predicted octanol–water partition coefficient (Wildman–Crippen LogP) is 3.85. The van der Waals surface area contributed by atoms with Crippen LogP contribution in [0, 0.1) is 0 Å². The van der Waals surface area contributed by atoms with Crippen LogP contribution in [0.2, 0.25) is 0 Å². The number of hydrogen-bond donors (Lipinski definition) is 1. The van der Waals surface area contributed by atoms with Crippen molar-refractivity contribution in [3.8, 4) is 0 Å². The molecule has 0 aliphatic rings. The van der Waals surface area contributed by atoms with Crippen LogP contribution >= 0.6 is 0 Å². The Morgan fingerprint density at radius 3 is 1.71 bits per heavy atom. The lowest BCUT2D eigenvalue weighted by Crippen LogP contribution is -2.17. The van der Waals surface area contributed by atoms with Crippen LogP contribution in [0.4, 0.5) is 4.39 Å². The smallest absolute Gasteiger partial charge is 0.0894 e. The highest BCUT2D eigenvalue weighted by Crippen LogP contribution is 2.14. The molecule has 0 radical (unpaired) electrons. The van der Waals surface area contributed by atoms with Crippen LogP contribution < -0.4 is 0 Å². The van der Waals surface area contributed by atoms with E-state index in [-0.39, 0.29) is 6.67 Å². The molecule has 0 spiro atoms. The number of rotatable bonds is 9. The molecule has 14 heavy (non-hydrogen) atoms. The van der Waals surface area contributed by atoms with Crippen LogP contribution in [-0.4, -0.2) is 17.4 Å². The summed E-state index contributed by atoms with van der Waals surface area (Å²) >= 11 is 0. The Morgan fingerprint density at radius 2 is 1.29 bits per heavy atom. The first kappa shape index (κ1) is 13.9. The molecule has 0 unspecified atom stereocenters. The Labute approximate surface area is 87.7 Å². The second-order valence-electron chi connectivity index (χ2n) is 4.73. The predicted molar refractivity (Wildman–Crippen MR) is 59.2 cm³/mol. The summed E-state index contributed by atoms with van der Waals surface area (Å²) in [6, 6.07) is 0. The van der Waals surface area contributed by atoms with Gasteiger partial charge in [-0.3, -0.25) is 4.39 Å². The largest absolute Gasteiger partial charge is 0.390 e. The van der Waals surface area contributed by atoms with Crippen molar-refractivity contribution in [3.05, 3.63) is 0 Å². The summed E-state index contributed by atoms with van der Waals surface area (Å²) < 4.78 is 11.7. The van der Waals surface area contributed by atoms with Gasteiger partial charge >= 0.3 is 0 Å². The van der Waals surface area contributed by atoms with Gasteiger partial charge in [-0.15, -0.1) is 0 Å². The van der Waals surface area contributed by atoms with Crippen LogP contribution in [0.1, 0.15) is 65.2 Å². The molecule has 0 saturated carbocycles. The molecule has 2 heteroatoms. The van der Waals surface area contributed by atoms with Gasteiger partial charge in [0.2, 0.25) is 0 Å². The average Bonchev–Trinajstić information content (AvgIpc) is 2.08. The zero-order valence-electron chi connectivity index (χ0n) is 9.69. The number of aliphatic hydroxyl groups is 1. The fourth-order valence-electron chi connectivity index (χ4n) is 1.54. The van der Waals surface area contributed by atoms with Gasteiger partial charge < -0.3 is 5.11 Å². The monoisotopic (exact) mass is 204 g/mol. The van der Waals surface area contributed by atoms with Crippen molar-refractivity contribution in [2.75, 3.05) is 6.67 Å². The Morgan fingerprint density at radius 1 is 0.857 bits per heavy atom. The molecular weight excluding hydrogens is 179 g/mol. The van der Waals surface area contributed by atoms with Gasteiger partial charge in [0.15, 0.2) is 0 Å². The van der Waals surface area contributed by atoms with Gasteiger partial charge in [0, 0.05) is 0 Å². The van der Waals surface area contributed by atoms with E-state index in [1.165, 1.54) is 19.3 Å². The third kappa shape index (κ3) is 11.9. The molecule has 1 N–H and O–H groups in total. The summed E-state index contributed by atoms with van der Waals surface area (Å²) in [5.74, 6) is 0. The maximum atomic E-state index is 11.7. The zero-order valence-corrected chi connectivity index (χ0v) is 9.69. The average molecular weight is 204 g/mol. The van der Waals surface area contributed by atoms with E-state index in [0.29, 0.717) is 0 Å². The van der Waals surface area contributed by atoms with Crippen LogP contribution in [0.3, 0.4) is 0 Å². The Balaban J connectivity index is 2.99. The van der Waals surface area contributed by atoms with Gasteiger partial charge in [-0.25, -0.2) is 0 Å². The molecule has 1 nitrogen and oxygen atoms in total. The van der Waals surface area contributed by atoms with Crippen molar-refractivity contribution in [1.29, 1.82) is 0 Å². The van der Waals surface area contributed by atoms with Crippen LogP contribution in [0.5, 0.6) is 0 Å². The van der Waals surface area contributed by atoms with Crippen molar-refractivity contribution >= 4 is 0 Å². The third-order valence-electron chi connectivity index (χ3n) is 2.42. The Kier molecular flexibility index (Phi) is 8.15. The lowest BCUT2D eigenvalue weighted by Gasteiger charge is -2.16. The first-order valence-corrected chi connectivity index (χ1v) is 5.84. The normalized spacial score (nSPS) is 12.0. The summed E-state index contributed by atoms with van der Waals surface area (Å²) in [5.41, 5.74) is -0.506. The lowest BCUT2D eigenvalue weighted by atomic mass is 10.00. The lowest BCUT2D eigenvalue weighted by molar-refractivity contribution is 0.0680. The van der Waals surface area contributed by atoms with Crippen LogP contribution in [0.25, 0.3) is 0 Å². The van der Waals surface area contributed by atoms with Gasteiger partial charge in [-0.1, -0.05) is 38.5 Å². The minimum Gasteiger partial charge on any atom is -0.390 e. The van der Waals surface area contributed by atoms with Gasteiger partial charge in [-0.2, -0.15) is 0 Å². The van der Waals surface area contributed by atoms with Crippen molar-refractivity contribution in [1.82, 2.24) is 0 Å². The zero-order chi connectivity index (χ0) is 10.9. The fraction of sp³-hybridized carbons (Fsp3) is 1.00. The maximum absolute atomic E-state index is 11.7. The highest BCUT2D eigenvalue weighted by atomic mass is 19.1. The Hall–Kier alpha value is -0.110. The second-order valence-corrected chi connectivity index (χ2v) is 4.73. The number of unbranched alkanes of at least 4 members (excludes halogenated alkanes) is 6. The summed E-state index contributed by atoms with van der Waals surface area (Å²) in [5, 5.41) is 9.45. The molecule has 0 heterocycles. The highest BCUT2D eigenvalue weighted by molar-refractivity contribution is 4.64. The number of halogens is 1. The van der Waals surface area contributed by atoms with E-state index in [1.54, 1.807) is 0 Å². The van der Waals surface area contributed by atoms with E-state index in [4.69, 9.17) is 0 Å². The van der Waals surface area contributed by atoms with Gasteiger partial charge in [-0.05, 0) is 26.7 Å². The number of alkyl halides is 1. The van der Waals surface area contributed by atoms with Gasteiger partial charge in [0.25, 0.3) is 0 Å². The highest BCUT2D eigenvalue weighted by Gasteiger charge is 2.10. The first-order chi connectivity index (χ1) is 6.56. The SMILES string of the molecule is CC(C)(O)CCCCCCCCCF. The molecule has 0 aliphatic carbocycles. The van der Waals surface area contributed by atoms with Crippen molar-refractivity contribution in [2.24, 2.45) is 0 Å². The summed E-state index contributed by atoms with van der Waals surface area (Å²) in [4.78, 5) is 0. The maximum Gasteiger partial charge on any atom is 0.0894 e. The van der Waals surface area contributed by atoms with Gasteiger partial charge in [0.1, 0.15) is 0 Å². The molecule has 0 bridgehead atoms. The van der Waals surface area contributed by atoms with Gasteiger partial charge in [0.05, 0.1) is 12.3 Å². The molecule has 0 rings (SSSR count). The van der Waals surface area contributed by atoms with E-state index in [1.807, 2.05) is 13.8 Å². The molecule has 0 aromatic heterocycles. The second kappa shape index (κ2) is 8.22. The molecular formula is C12H25FO. The van der Waals surface area contributed by atoms with E-state index < -0.39 is 5.60 Å². The quantitative estimate of drug-likeness (QED) is 0.566. The van der Waals surface area contributed by atoms with E-state index in [0.717, 1.165) is 32.1 Å². The minimum atomic E-state index is -0.506. The molecule has 0 aliphatic heterocycles. The summed E-state index contributed by atoms with van der Waals surface area (Å²) in [6.07, 6.45) is 8.54. The summed E-state index contributed by atoms with van der Waals surface area (Å²) in [6.45, 7) is 3.54. The topological polar surface area (TPSA) is 20.2 Å². The minimum absolute atomic E-state index is 0.168. The molecule has 0 saturated heterocycles. The molecule has 0 fully saturated rings. The number of hydrogen-bond acceptors (Lipinski definition) is 1. The third-order valence-corrected chi connectivity index (χ3v) is 2.42. The summed E-state index contributed by atoms with van der Waals surface area (Å²) in [7, 11) is 0. The van der Waals surface area contributed by atoms with Crippen LogP contribution in [-0.2, 0) is 0 Å². The van der Waals surface area contributed by atoms with E-state index in [9.17, 15) is 9.50 Å². The molecule has 0 aromatic rings. The Bertz CT molecular complexity index is 118. The molecule has 0 amide bonds. The first-order valence-electron chi connectivity index (χ1n) is 5.84. The molecule has 0 atom stereocenters. The van der Waals surface area contributed by atoms with Crippen LogP contribution in [0.15, 0.2) is 0 Å². The van der Waals surface area contributed by atoms with E-state index >= 15 is 0 Å². The fourth-order valence-corrected chi connectivity index (χ4v) is 1.54. The molecule has 86 valence electrons.